The minimum Gasteiger partial charge on any atom is -0.468 e. The van der Waals surface area contributed by atoms with Gasteiger partial charge >= 0.3 is 12.3 Å². The molecule has 0 fully saturated rings. The first-order chi connectivity index (χ1) is 11.3. The van der Waals surface area contributed by atoms with Crippen LogP contribution in [0.2, 0.25) is 0 Å². The summed E-state index contributed by atoms with van der Waals surface area (Å²) in [6.45, 7) is 0. The molecule has 0 saturated carbocycles. The summed E-state index contributed by atoms with van der Waals surface area (Å²) in [5, 5.41) is 0. The van der Waals surface area contributed by atoms with Crippen LogP contribution in [0, 0.1) is 0 Å². The lowest BCUT2D eigenvalue weighted by atomic mass is 10.0. The van der Waals surface area contributed by atoms with Crippen LogP contribution >= 0.6 is 0 Å². The second kappa shape index (κ2) is 7.35. The van der Waals surface area contributed by atoms with Crippen molar-refractivity contribution in [3.63, 3.8) is 0 Å². The molecule has 0 aromatic heterocycles. The summed E-state index contributed by atoms with van der Waals surface area (Å²) in [4.78, 5) is 11.3. The lowest BCUT2D eigenvalue weighted by Crippen LogP contribution is -2.33. The van der Waals surface area contributed by atoms with Gasteiger partial charge in [0.15, 0.2) is 0 Å². The number of carbonyl (C=O) groups is 1. The summed E-state index contributed by atoms with van der Waals surface area (Å²) in [6.07, 6.45) is -4.49. The van der Waals surface area contributed by atoms with E-state index in [2.05, 4.69) is 9.47 Å². The Labute approximate surface area is 137 Å². The summed E-state index contributed by atoms with van der Waals surface area (Å²) in [5.41, 5.74) is 7.33. The Morgan fingerprint density at radius 2 is 1.75 bits per heavy atom. The van der Waals surface area contributed by atoms with Crippen LogP contribution < -0.4 is 10.5 Å². The maximum atomic E-state index is 12.5. The smallest absolute Gasteiger partial charge is 0.468 e. The van der Waals surface area contributed by atoms with E-state index in [4.69, 9.17) is 5.73 Å². The molecule has 1 atom stereocenters. The van der Waals surface area contributed by atoms with Crippen molar-refractivity contribution < 1.29 is 27.4 Å². The van der Waals surface area contributed by atoms with Gasteiger partial charge in [-0.2, -0.15) is 0 Å². The van der Waals surface area contributed by atoms with Crippen LogP contribution in [0.5, 0.6) is 5.75 Å². The lowest BCUT2D eigenvalue weighted by Gasteiger charge is -2.14. The molecule has 0 bridgehead atoms. The fourth-order valence-corrected chi connectivity index (χ4v) is 2.23. The van der Waals surface area contributed by atoms with Crippen molar-refractivity contribution in [2.75, 3.05) is 7.11 Å². The van der Waals surface area contributed by atoms with Crippen molar-refractivity contribution in [2.45, 2.75) is 18.8 Å². The van der Waals surface area contributed by atoms with Crippen LogP contribution in [0.3, 0.4) is 0 Å². The number of nitrogens with two attached hydrogens (primary N) is 1. The van der Waals surface area contributed by atoms with Crippen molar-refractivity contribution in [1.82, 2.24) is 0 Å². The summed E-state index contributed by atoms with van der Waals surface area (Å²) >= 11 is 0. The Bertz CT molecular complexity index is 699. The Morgan fingerprint density at radius 3 is 2.33 bits per heavy atom. The largest absolute Gasteiger partial charge is 0.573 e. The number of hydrogen-bond acceptors (Lipinski definition) is 4. The zero-order chi connectivity index (χ0) is 17.7. The number of carbonyl (C=O) groups excluding carboxylic acids is 1. The number of ether oxygens (including phenoxy) is 2. The number of hydrogen-bond donors (Lipinski definition) is 1. The molecule has 2 aromatic carbocycles. The lowest BCUT2D eigenvalue weighted by molar-refractivity contribution is -0.274. The highest BCUT2D eigenvalue weighted by molar-refractivity contribution is 5.76. The van der Waals surface area contributed by atoms with Gasteiger partial charge in [0.25, 0.3) is 0 Å². The van der Waals surface area contributed by atoms with E-state index in [1.807, 2.05) is 0 Å². The molecule has 0 aliphatic heterocycles. The van der Waals surface area contributed by atoms with Gasteiger partial charge in [-0.1, -0.05) is 42.5 Å². The minimum atomic E-state index is -4.76. The monoisotopic (exact) mass is 339 g/mol. The van der Waals surface area contributed by atoms with Crippen LogP contribution in [-0.2, 0) is 16.0 Å². The van der Waals surface area contributed by atoms with Crippen molar-refractivity contribution in [3.8, 4) is 16.9 Å². The molecule has 2 rings (SSSR count). The third-order valence-electron chi connectivity index (χ3n) is 3.34. The van der Waals surface area contributed by atoms with Gasteiger partial charge in [0.05, 0.1) is 7.11 Å². The number of benzene rings is 2. The predicted octanol–water partition coefficient (Wildman–Crippen LogP) is 3.30. The number of halogens is 3. The summed E-state index contributed by atoms with van der Waals surface area (Å²) in [6, 6.07) is 11.8. The molecule has 0 heterocycles. The van der Waals surface area contributed by atoms with E-state index in [0.29, 0.717) is 11.1 Å². The molecule has 2 aromatic rings. The maximum absolute atomic E-state index is 12.5. The fourth-order valence-electron chi connectivity index (χ4n) is 2.23. The molecule has 0 aliphatic carbocycles. The third-order valence-corrected chi connectivity index (χ3v) is 3.34. The number of alkyl halides is 3. The zero-order valence-corrected chi connectivity index (χ0v) is 12.8. The fraction of sp³-hybridized carbons (Fsp3) is 0.235. The predicted molar refractivity (Wildman–Crippen MR) is 82.3 cm³/mol. The van der Waals surface area contributed by atoms with Crippen molar-refractivity contribution in [2.24, 2.45) is 5.73 Å². The van der Waals surface area contributed by atoms with Crippen LogP contribution in [0.1, 0.15) is 5.56 Å². The van der Waals surface area contributed by atoms with Gasteiger partial charge in [-0.3, -0.25) is 4.79 Å². The topological polar surface area (TPSA) is 61.5 Å². The number of methoxy groups -OCH3 is 1. The summed E-state index contributed by atoms with van der Waals surface area (Å²) in [5.74, 6) is -0.799. The van der Waals surface area contributed by atoms with Gasteiger partial charge in [-0.15, -0.1) is 13.2 Å². The zero-order valence-electron chi connectivity index (χ0n) is 12.8. The van der Waals surface area contributed by atoms with Gasteiger partial charge in [0.2, 0.25) is 0 Å². The van der Waals surface area contributed by atoms with Crippen LogP contribution in [0.25, 0.3) is 11.1 Å². The van der Waals surface area contributed by atoms with Crippen LogP contribution in [0.15, 0.2) is 48.5 Å². The summed E-state index contributed by atoms with van der Waals surface area (Å²) < 4.78 is 46.0. The van der Waals surface area contributed by atoms with Gasteiger partial charge in [0.1, 0.15) is 11.8 Å². The molecule has 0 saturated heterocycles. The quantitative estimate of drug-likeness (QED) is 0.849. The molecule has 4 nitrogen and oxygen atoms in total. The normalized spacial score (nSPS) is 12.5. The standard InChI is InChI=1S/C17H16F3NO3/c1-23-16(22)14(21)10-11-6-8-12(9-7-11)13-4-2-3-5-15(13)24-17(18,19)20/h2-9,14H,10,21H2,1H3. The minimum absolute atomic E-state index is 0.271. The third kappa shape index (κ3) is 4.73. The molecule has 1 unspecified atom stereocenters. The average Bonchev–Trinajstić information content (AvgIpc) is 2.54. The van der Waals surface area contributed by atoms with E-state index < -0.39 is 18.4 Å². The van der Waals surface area contributed by atoms with E-state index in [0.717, 1.165) is 5.56 Å². The van der Waals surface area contributed by atoms with E-state index in [1.54, 1.807) is 30.3 Å². The highest BCUT2D eigenvalue weighted by Crippen LogP contribution is 2.33. The van der Waals surface area contributed by atoms with Gasteiger partial charge < -0.3 is 15.2 Å². The Hall–Kier alpha value is -2.54. The molecule has 2 N–H and O–H groups in total. The molecule has 0 amide bonds. The first-order valence-electron chi connectivity index (χ1n) is 7.07. The van der Waals surface area contributed by atoms with Crippen molar-refractivity contribution >= 4 is 5.97 Å². The van der Waals surface area contributed by atoms with E-state index in [9.17, 15) is 18.0 Å². The first-order valence-corrected chi connectivity index (χ1v) is 7.07. The van der Waals surface area contributed by atoms with E-state index in [1.165, 1.54) is 25.3 Å². The van der Waals surface area contributed by atoms with Crippen molar-refractivity contribution in [3.05, 3.63) is 54.1 Å². The molecule has 128 valence electrons. The number of esters is 1. The van der Waals surface area contributed by atoms with Gasteiger partial charge in [-0.05, 0) is 23.6 Å². The highest BCUT2D eigenvalue weighted by Gasteiger charge is 2.32. The number of rotatable bonds is 5. The molecule has 7 heteroatoms. The second-order valence-corrected chi connectivity index (χ2v) is 5.07. The molecule has 0 spiro atoms. The Balaban J connectivity index is 2.21. The molecular formula is C17H16F3NO3. The summed E-state index contributed by atoms with van der Waals surface area (Å²) in [7, 11) is 1.25. The van der Waals surface area contributed by atoms with Crippen molar-refractivity contribution in [1.29, 1.82) is 0 Å². The van der Waals surface area contributed by atoms with E-state index >= 15 is 0 Å². The first kappa shape index (κ1) is 17.8. The Morgan fingerprint density at radius 1 is 1.12 bits per heavy atom. The SMILES string of the molecule is COC(=O)C(N)Cc1ccc(-c2ccccc2OC(F)(F)F)cc1. The van der Waals surface area contributed by atoms with Gasteiger partial charge in [0, 0.05) is 5.56 Å². The highest BCUT2D eigenvalue weighted by atomic mass is 19.4. The molecule has 0 radical (unpaired) electrons. The Kier molecular flexibility index (Phi) is 5.46. The number of para-hydroxylation sites is 1. The van der Waals surface area contributed by atoms with Gasteiger partial charge in [-0.25, -0.2) is 0 Å². The average molecular weight is 339 g/mol. The van der Waals surface area contributed by atoms with Crippen LogP contribution in [0.4, 0.5) is 13.2 Å². The molecule has 0 aliphatic rings. The second-order valence-electron chi connectivity index (χ2n) is 5.07. The van der Waals surface area contributed by atoms with Crippen LogP contribution in [-0.4, -0.2) is 25.5 Å². The maximum Gasteiger partial charge on any atom is 0.573 e. The molecule has 24 heavy (non-hydrogen) atoms. The van der Waals surface area contributed by atoms with E-state index in [-0.39, 0.29) is 12.2 Å². The molecular weight excluding hydrogens is 323 g/mol.